The molecule has 0 spiro atoms. The van der Waals surface area contributed by atoms with Crippen LogP contribution in [0.15, 0.2) is 18.2 Å². The van der Waals surface area contributed by atoms with Crippen LogP contribution in [0.25, 0.3) is 0 Å². The minimum atomic E-state index is -3.86. The Morgan fingerprint density at radius 2 is 2.05 bits per heavy atom. The number of nitrogens with one attached hydrogen (secondary N) is 1. The lowest BCUT2D eigenvalue weighted by atomic mass is 9.78. The summed E-state index contributed by atoms with van der Waals surface area (Å²) in [5, 5.41) is 3.47. The van der Waals surface area contributed by atoms with Crippen molar-refractivity contribution in [1.29, 1.82) is 0 Å². The summed E-state index contributed by atoms with van der Waals surface area (Å²) < 4.78 is 30.3. The van der Waals surface area contributed by atoms with Crippen molar-refractivity contribution in [3.05, 3.63) is 29.3 Å². The summed E-state index contributed by atoms with van der Waals surface area (Å²) in [6.45, 7) is 6.55. The minimum Gasteiger partial charge on any atom is -0.381 e. The largest absolute Gasteiger partial charge is 0.381 e. The van der Waals surface area contributed by atoms with Crippen molar-refractivity contribution in [2.75, 3.05) is 11.1 Å². The molecule has 1 aromatic rings. The third-order valence-corrected chi connectivity index (χ3v) is 4.90. The first-order valence-electron chi connectivity index (χ1n) is 6.56. The van der Waals surface area contributed by atoms with Gasteiger partial charge in [-0.2, -0.15) is 8.42 Å². The Kier molecular flexibility index (Phi) is 3.62. The zero-order chi connectivity index (χ0) is 14.3. The summed E-state index contributed by atoms with van der Waals surface area (Å²) in [6.07, 6.45) is 1.11. The van der Waals surface area contributed by atoms with Crippen LogP contribution in [0.3, 0.4) is 0 Å². The van der Waals surface area contributed by atoms with Gasteiger partial charge in [-0.1, -0.05) is 26.0 Å². The van der Waals surface area contributed by atoms with Gasteiger partial charge in [-0.3, -0.25) is 4.55 Å². The molecule has 1 atom stereocenters. The molecule has 1 aromatic carbocycles. The van der Waals surface area contributed by atoms with E-state index >= 15 is 0 Å². The summed E-state index contributed by atoms with van der Waals surface area (Å²) >= 11 is 0. The fourth-order valence-electron chi connectivity index (χ4n) is 2.76. The Morgan fingerprint density at radius 3 is 2.68 bits per heavy atom. The molecule has 1 unspecified atom stereocenters. The maximum absolute atomic E-state index is 10.8. The molecule has 0 aromatic heterocycles. The van der Waals surface area contributed by atoms with Crippen molar-refractivity contribution in [2.24, 2.45) is 0 Å². The van der Waals surface area contributed by atoms with Crippen LogP contribution in [0, 0.1) is 0 Å². The molecule has 0 saturated carbocycles. The summed E-state index contributed by atoms with van der Waals surface area (Å²) in [7, 11) is -3.86. The van der Waals surface area contributed by atoms with Crippen LogP contribution >= 0.6 is 0 Å². The highest BCUT2D eigenvalue weighted by atomic mass is 32.2. The second-order valence-electron chi connectivity index (χ2n) is 5.82. The third-order valence-electron chi connectivity index (χ3n) is 4.10. The predicted molar refractivity (Wildman–Crippen MR) is 77.3 cm³/mol. The van der Waals surface area contributed by atoms with Gasteiger partial charge in [-0.15, -0.1) is 0 Å². The Bertz CT molecular complexity index is 578. The maximum Gasteiger partial charge on any atom is 0.264 e. The van der Waals surface area contributed by atoms with Gasteiger partial charge in [0.1, 0.15) is 0 Å². The molecule has 1 aliphatic heterocycles. The number of hydrogen-bond donors (Lipinski definition) is 2. The Morgan fingerprint density at radius 1 is 1.37 bits per heavy atom. The van der Waals surface area contributed by atoms with Crippen LogP contribution < -0.4 is 5.32 Å². The first-order chi connectivity index (χ1) is 8.72. The number of benzene rings is 1. The predicted octanol–water partition coefficient (Wildman–Crippen LogP) is 2.60. The number of aryl methyl sites for hydroxylation is 1. The van der Waals surface area contributed by atoms with Crippen LogP contribution in [0.4, 0.5) is 5.69 Å². The van der Waals surface area contributed by atoms with Gasteiger partial charge >= 0.3 is 0 Å². The molecule has 5 heteroatoms. The van der Waals surface area contributed by atoms with Crippen LogP contribution in [-0.2, 0) is 22.0 Å². The third kappa shape index (κ3) is 2.92. The van der Waals surface area contributed by atoms with E-state index in [-0.39, 0.29) is 11.2 Å². The summed E-state index contributed by atoms with van der Waals surface area (Å²) in [5.41, 5.74) is 3.62. The number of anilines is 1. The maximum atomic E-state index is 10.8. The molecule has 0 amide bonds. The van der Waals surface area contributed by atoms with Crippen molar-refractivity contribution < 1.29 is 13.0 Å². The minimum absolute atomic E-state index is 0.0318. The van der Waals surface area contributed by atoms with E-state index in [1.54, 1.807) is 0 Å². The molecule has 1 heterocycles. The lowest BCUT2D eigenvalue weighted by Crippen LogP contribution is -2.30. The topological polar surface area (TPSA) is 66.4 Å². The molecule has 0 aliphatic carbocycles. The molecule has 1 aliphatic rings. The summed E-state index contributed by atoms with van der Waals surface area (Å²) in [5.74, 6) is -0.180. The van der Waals surface area contributed by atoms with Crippen molar-refractivity contribution in [2.45, 2.75) is 45.1 Å². The van der Waals surface area contributed by atoms with Gasteiger partial charge < -0.3 is 5.32 Å². The molecule has 0 saturated heterocycles. The highest BCUT2D eigenvalue weighted by Gasteiger charge is 2.37. The van der Waals surface area contributed by atoms with E-state index in [0.717, 1.165) is 5.69 Å². The van der Waals surface area contributed by atoms with E-state index in [2.05, 4.69) is 32.2 Å². The smallest absolute Gasteiger partial charge is 0.264 e. The fraction of sp³-hybridized carbons (Fsp3) is 0.571. The van der Waals surface area contributed by atoms with Crippen molar-refractivity contribution in [3.8, 4) is 0 Å². The van der Waals surface area contributed by atoms with Crippen LogP contribution in [0.2, 0.25) is 0 Å². The lowest BCUT2D eigenvalue weighted by molar-refractivity contribution is 0.478. The number of hydrogen-bond acceptors (Lipinski definition) is 3. The Balaban J connectivity index is 2.23. The summed E-state index contributed by atoms with van der Waals surface area (Å²) in [4.78, 5) is 0. The highest BCUT2D eigenvalue weighted by Crippen LogP contribution is 2.42. The SMILES string of the molecule is CC1Nc2cccc(CCCS(=O)(=O)O)c2C1(C)C. The average molecular weight is 283 g/mol. The molecule has 0 fully saturated rings. The monoisotopic (exact) mass is 283 g/mol. The molecule has 106 valence electrons. The Hall–Kier alpha value is -1.07. The van der Waals surface area contributed by atoms with Gasteiger partial charge in [0.15, 0.2) is 0 Å². The van der Waals surface area contributed by atoms with E-state index in [4.69, 9.17) is 4.55 Å². The van der Waals surface area contributed by atoms with Gasteiger partial charge in [-0.25, -0.2) is 0 Å². The van der Waals surface area contributed by atoms with Crippen molar-refractivity contribution in [3.63, 3.8) is 0 Å². The molecular formula is C14H21NO3S. The van der Waals surface area contributed by atoms with E-state index in [0.29, 0.717) is 18.9 Å². The summed E-state index contributed by atoms with van der Waals surface area (Å²) in [6, 6.07) is 6.45. The molecule has 0 radical (unpaired) electrons. The van der Waals surface area contributed by atoms with Gasteiger partial charge in [0.25, 0.3) is 10.1 Å². The molecule has 2 N–H and O–H groups in total. The second kappa shape index (κ2) is 4.80. The number of rotatable bonds is 4. The van der Waals surface area contributed by atoms with Crippen LogP contribution in [0.1, 0.15) is 38.3 Å². The first kappa shape index (κ1) is 14.3. The van der Waals surface area contributed by atoms with Gasteiger partial charge in [-0.05, 0) is 37.0 Å². The van der Waals surface area contributed by atoms with Crippen LogP contribution in [0.5, 0.6) is 0 Å². The van der Waals surface area contributed by atoms with Gasteiger partial charge in [0.05, 0.1) is 5.75 Å². The molecule has 19 heavy (non-hydrogen) atoms. The van der Waals surface area contributed by atoms with Crippen molar-refractivity contribution >= 4 is 15.8 Å². The molecule has 2 rings (SSSR count). The quantitative estimate of drug-likeness (QED) is 0.834. The average Bonchev–Trinajstić information content (AvgIpc) is 2.49. The fourth-order valence-corrected chi connectivity index (χ4v) is 3.27. The molecule has 0 bridgehead atoms. The van der Waals surface area contributed by atoms with Gasteiger partial charge in [0, 0.05) is 17.1 Å². The zero-order valence-electron chi connectivity index (χ0n) is 11.6. The van der Waals surface area contributed by atoms with Gasteiger partial charge in [0.2, 0.25) is 0 Å². The molecular weight excluding hydrogens is 262 g/mol. The number of fused-ring (bicyclic) bond motifs is 1. The second-order valence-corrected chi connectivity index (χ2v) is 7.39. The van der Waals surface area contributed by atoms with E-state index in [1.807, 2.05) is 12.1 Å². The zero-order valence-corrected chi connectivity index (χ0v) is 12.4. The highest BCUT2D eigenvalue weighted by molar-refractivity contribution is 7.85. The van der Waals surface area contributed by atoms with Crippen molar-refractivity contribution in [1.82, 2.24) is 0 Å². The van der Waals surface area contributed by atoms with E-state index in [9.17, 15) is 8.42 Å². The standard InChI is InChI=1S/C14H21NO3S/c1-10-14(2,3)13-11(6-4-8-12(13)15-10)7-5-9-19(16,17)18/h4,6,8,10,15H,5,7,9H2,1-3H3,(H,16,17,18). The normalized spacial score (nSPS) is 20.9. The lowest BCUT2D eigenvalue weighted by Gasteiger charge is -2.26. The van der Waals surface area contributed by atoms with Crippen LogP contribution in [-0.4, -0.2) is 24.8 Å². The Labute approximate surface area is 115 Å². The first-order valence-corrected chi connectivity index (χ1v) is 8.17. The van der Waals surface area contributed by atoms with E-state index in [1.165, 1.54) is 11.1 Å². The molecule has 4 nitrogen and oxygen atoms in total. The van der Waals surface area contributed by atoms with E-state index < -0.39 is 10.1 Å².